The van der Waals surface area contributed by atoms with Gasteiger partial charge in [0.1, 0.15) is 5.82 Å². The number of carbonyl (C=O) groups is 1. The number of hydrogen-bond donors (Lipinski definition) is 1. The molecule has 1 aromatic carbocycles. The molecule has 0 aliphatic heterocycles. The first kappa shape index (κ1) is 14.0. The van der Waals surface area contributed by atoms with Crippen molar-refractivity contribution in [1.82, 2.24) is 5.32 Å². The summed E-state index contributed by atoms with van der Waals surface area (Å²) in [4.78, 5) is 11.7. The molecule has 0 spiro atoms. The van der Waals surface area contributed by atoms with Crippen molar-refractivity contribution in [2.75, 3.05) is 18.6 Å². The molecule has 1 atom stereocenters. The zero-order valence-corrected chi connectivity index (χ0v) is 11.2. The summed E-state index contributed by atoms with van der Waals surface area (Å²) in [5, 5.41) is 2.75. The smallest absolute Gasteiger partial charge is 0.254 e. The molecule has 94 valence electrons. The molecule has 1 N–H and O–H groups in total. The number of halogens is 1. The summed E-state index contributed by atoms with van der Waals surface area (Å²) in [5.74, 6) is 0.578. The number of nitrogens with one attached hydrogen (secondary N) is 1. The molecule has 2 nitrogen and oxygen atoms in total. The molecule has 1 unspecified atom stereocenters. The van der Waals surface area contributed by atoms with E-state index in [1.165, 1.54) is 12.1 Å². The molecule has 1 aromatic rings. The van der Waals surface area contributed by atoms with Gasteiger partial charge in [-0.25, -0.2) is 4.39 Å². The largest absolute Gasteiger partial charge is 0.352 e. The average Bonchev–Trinajstić information content (AvgIpc) is 2.26. The minimum atomic E-state index is -0.458. The van der Waals surface area contributed by atoms with E-state index in [0.717, 1.165) is 11.3 Å². The molecule has 17 heavy (non-hydrogen) atoms. The normalized spacial score (nSPS) is 12.2. The maximum Gasteiger partial charge on any atom is 0.254 e. The molecule has 4 heteroatoms. The topological polar surface area (TPSA) is 29.1 Å². The Morgan fingerprint density at radius 3 is 2.82 bits per heavy atom. The van der Waals surface area contributed by atoms with Crippen molar-refractivity contribution in [3.8, 4) is 0 Å². The summed E-state index contributed by atoms with van der Waals surface area (Å²) in [6.07, 6.45) is 2.03. The van der Waals surface area contributed by atoms with Gasteiger partial charge in [-0.3, -0.25) is 4.79 Å². The van der Waals surface area contributed by atoms with Gasteiger partial charge in [0.25, 0.3) is 5.91 Å². The molecule has 1 amide bonds. The van der Waals surface area contributed by atoms with E-state index in [9.17, 15) is 9.18 Å². The SMILES string of the molecule is CSCC(C)CNC(=O)c1ccc(C)cc1F. The van der Waals surface area contributed by atoms with Crippen molar-refractivity contribution in [2.24, 2.45) is 5.92 Å². The Morgan fingerprint density at radius 2 is 2.24 bits per heavy atom. The van der Waals surface area contributed by atoms with Crippen molar-refractivity contribution in [1.29, 1.82) is 0 Å². The Hall–Kier alpha value is -1.03. The minimum absolute atomic E-state index is 0.118. The summed E-state index contributed by atoms with van der Waals surface area (Å²) in [7, 11) is 0. The maximum absolute atomic E-state index is 13.5. The van der Waals surface area contributed by atoms with E-state index >= 15 is 0 Å². The van der Waals surface area contributed by atoms with Crippen LogP contribution in [-0.4, -0.2) is 24.5 Å². The van der Waals surface area contributed by atoms with Crippen molar-refractivity contribution in [2.45, 2.75) is 13.8 Å². The number of thioether (sulfide) groups is 1. The van der Waals surface area contributed by atoms with E-state index in [-0.39, 0.29) is 11.5 Å². The molecular formula is C13H18FNOS. The Labute approximate surface area is 106 Å². The number of carbonyl (C=O) groups excluding carboxylic acids is 1. The van der Waals surface area contributed by atoms with E-state index < -0.39 is 5.82 Å². The first-order valence-corrected chi connectivity index (χ1v) is 6.97. The average molecular weight is 255 g/mol. The van der Waals surface area contributed by atoms with Gasteiger partial charge < -0.3 is 5.32 Å². The molecule has 0 fully saturated rings. The van der Waals surface area contributed by atoms with Gasteiger partial charge in [0.15, 0.2) is 0 Å². The van der Waals surface area contributed by atoms with E-state index in [1.54, 1.807) is 24.8 Å². The number of rotatable bonds is 5. The third-order valence-corrected chi connectivity index (χ3v) is 3.33. The number of aryl methyl sites for hydroxylation is 1. The van der Waals surface area contributed by atoms with Gasteiger partial charge in [0.2, 0.25) is 0 Å². The number of benzene rings is 1. The Bertz CT molecular complexity index is 395. The fraction of sp³-hybridized carbons (Fsp3) is 0.462. The Kier molecular flexibility index (Phi) is 5.48. The summed E-state index contributed by atoms with van der Waals surface area (Å²) < 4.78 is 13.5. The van der Waals surface area contributed by atoms with Crippen LogP contribution in [0.4, 0.5) is 4.39 Å². The van der Waals surface area contributed by atoms with Crippen molar-refractivity contribution in [3.63, 3.8) is 0 Å². The van der Waals surface area contributed by atoms with E-state index in [0.29, 0.717) is 12.5 Å². The lowest BCUT2D eigenvalue weighted by Crippen LogP contribution is -2.29. The van der Waals surface area contributed by atoms with Gasteiger partial charge in [-0.05, 0) is 42.5 Å². The van der Waals surface area contributed by atoms with E-state index in [2.05, 4.69) is 12.2 Å². The molecule has 0 radical (unpaired) electrons. The summed E-state index contributed by atoms with van der Waals surface area (Å²) in [6, 6.07) is 4.64. The van der Waals surface area contributed by atoms with Crippen molar-refractivity contribution < 1.29 is 9.18 Å². The second-order valence-corrected chi connectivity index (χ2v) is 5.16. The summed E-state index contributed by atoms with van der Waals surface area (Å²) in [6.45, 7) is 4.43. The fourth-order valence-corrected chi connectivity index (χ4v) is 2.20. The summed E-state index contributed by atoms with van der Waals surface area (Å²) >= 11 is 1.74. The summed E-state index contributed by atoms with van der Waals surface area (Å²) in [5.41, 5.74) is 0.932. The molecule has 0 bridgehead atoms. The zero-order chi connectivity index (χ0) is 12.8. The Morgan fingerprint density at radius 1 is 1.53 bits per heavy atom. The van der Waals surface area contributed by atoms with Gasteiger partial charge in [-0.1, -0.05) is 13.0 Å². The highest BCUT2D eigenvalue weighted by Gasteiger charge is 2.12. The molecule has 1 rings (SSSR count). The maximum atomic E-state index is 13.5. The van der Waals surface area contributed by atoms with Crippen molar-refractivity contribution in [3.05, 3.63) is 35.1 Å². The quantitative estimate of drug-likeness (QED) is 0.876. The third-order valence-electron chi connectivity index (χ3n) is 2.43. The lowest BCUT2D eigenvalue weighted by molar-refractivity contribution is 0.0945. The van der Waals surface area contributed by atoms with Crippen LogP contribution in [0.15, 0.2) is 18.2 Å². The van der Waals surface area contributed by atoms with Gasteiger partial charge in [0.05, 0.1) is 5.56 Å². The standard InChI is InChI=1S/C13H18FNOS/c1-9-4-5-11(12(14)6-9)13(16)15-7-10(2)8-17-3/h4-6,10H,7-8H2,1-3H3,(H,15,16). The van der Waals surface area contributed by atoms with Crippen LogP contribution in [0, 0.1) is 18.7 Å². The van der Waals surface area contributed by atoms with Crippen molar-refractivity contribution >= 4 is 17.7 Å². The first-order valence-electron chi connectivity index (χ1n) is 5.58. The third kappa shape index (κ3) is 4.38. The van der Waals surface area contributed by atoms with E-state index in [1.807, 2.05) is 6.26 Å². The second-order valence-electron chi connectivity index (χ2n) is 4.25. The van der Waals surface area contributed by atoms with Gasteiger partial charge in [0, 0.05) is 6.54 Å². The molecule has 0 aromatic heterocycles. The van der Waals surface area contributed by atoms with Gasteiger partial charge >= 0.3 is 0 Å². The minimum Gasteiger partial charge on any atom is -0.352 e. The highest BCUT2D eigenvalue weighted by atomic mass is 32.2. The van der Waals surface area contributed by atoms with E-state index in [4.69, 9.17) is 0 Å². The van der Waals surface area contributed by atoms with Crippen LogP contribution in [0.2, 0.25) is 0 Å². The highest BCUT2D eigenvalue weighted by molar-refractivity contribution is 7.98. The lowest BCUT2D eigenvalue weighted by atomic mass is 10.1. The number of amides is 1. The Balaban J connectivity index is 2.58. The zero-order valence-electron chi connectivity index (χ0n) is 10.4. The first-order chi connectivity index (χ1) is 8.04. The van der Waals surface area contributed by atoms with Crippen LogP contribution in [0.5, 0.6) is 0 Å². The van der Waals surface area contributed by atoms with Crippen LogP contribution >= 0.6 is 11.8 Å². The van der Waals surface area contributed by atoms with Crippen LogP contribution in [0.3, 0.4) is 0 Å². The van der Waals surface area contributed by atoms with Crippen LogP contribution < -0.4 is 5.32 Å². The molecule has 0 aliphatic carbocycles. The van der Waals surface area contributed by atoms with Crippen LogP contribution in [0.1, 0.15) is 22.8 Å². The molecule has 0 heterocycles. The lowest BCUT2D eigenvalue weighted by Gasteiger charge is -2.11. The highest BCUT2D eigenvalue weighted by Crippen LogP contribution is 2.10. The molecule has 0 saturated heterocycles. The monoisotopic (exact) mass is 255 g/mol. The van der Waals surface area contributed by atoms with Crippen LogP contribution in [0.25, 0.3) is 0 Å². The molecular weight excluding hydrogens is 237 g/mol. The molecule has 0 saturated carbocycles. The fourth-order valence-electron chi connectivity index (χ4n) is 1.51. The van der Waals surface area contributed by atoms with Gasteiger partial charge in [-0.2, -0.15) is 11.8 Å². The second kappa shape index (κ2) is 6.64. The van der Waals surface area contributed by atoms with Gasteiger partial charge in [-0.15, -0.1) is 0 Å². The predicted molar refractivity (Wildman–Crippen MR) is 71.0 cm³/mol. The predicted octanol–water partition coefficient (Wildman–Crippen LogP) is 2.86. The van der Waals surface area contributed by atoms with Crippen LogP contribution in [-0.2, 0) is 0 Å². The molecule has 0 aliphatic rings. The number of hydrogen-bond acceptors (Lipinski definition) is 2.